The molecule has 1 N–H and O–H groups in total. The molecule has 16 heavy (non-hydrogen) atoms. The molecule has 0 aliphatic rings. The third-order valence-electron chi connectivity index (χ3n) is 2.36. The molecule has 0 saturated heterocycles. The molecule has 0 radical (unpaired) electrons. The lowest BCUT2D eigenvalue weighted by Crippen LogP contribution is -2.21. The molecule has 0 aromatic heterocycles. The van der Waals surface area contributed by atoms with Crippen LogP contribution in [0.25, 0.3) is 0 Å². The largest absolute Gasteiger partial charge is 0.273 e. The topological polar surface area (TPSA) is 41.5 Å². The predicted octanol–water partition coefficient (Wildman–Crippen LogP) is 2.52. The van der Waals surface area contributed by atoms with E-state index >= 15 is 0 Å². The smallest absolute Gasteiger partial charge is 0.244 e. The van der Waals surface area contributed by atoms with Crippen LogP contribution in [0.3, 0.4) is 0 Å². The third-order valence-corrected chi connectivity index (χ3v) is 2.36. The first-order chi connectivity index (χ1) is 7.76. The lowest BCUT2D eigenvalue weighted by Gasteiger charge is -2.02. The molecule has 1 amide bonds. The van der Waals surface area contributed by atoms with Gasteiger partial charge < -0.3 is 0 Å². The van der Waals surface area contributed by atoms with Crippen LogP contribution in [0, 0.1) is 0 Å². The fourth-order valence-corrected chi connectivity index (χ4v) is 1.37. The highest BCUT2D eigenvalue weighted by Crippen LogP contribution is 1.99. The molecule has 0 bridgehead atoms. The fraction of sp³-hybridized carbons (Fsp3) is 0.385. The van der Waals surface area contributed by atoms with Crippen LogP contribution in [0.1, 0.15) is 32.3 Å². The van der Waals surface area contributed by atoms with E-state index in [-0.39, 0.29) is 5.91 Å². The van der Waals surface area contributed by atoms with Crippen molar-refractivity contribution in [2.24, 2.45) is 5.10 Å². The Kier molecular flexibility index (Phi) is 5.26. The van der Waals surface area contributed by atoms with E-state index in [1.807, 2.05) is 44.2 Å². The summed E-state index contributed by atoms with van der Waals surface area (Å²) in [6, 6.07) is 9.66. The average Bonchev–Trinajstić information content (AvgIpc) is 2.31. The van der Waals surface area contributed by atoms with E-state index in [9.17, 15) is 4.79 Å². The first-order valence-electron chi connectivity index (χ1n) is 5.64. The number of hydrogen-bond donors (Lipinski definition) is 1. The van der Waals surface area contributed by atoms with E-state index < -0.39 is 0 Å². The molecule has 1 aromatic rings. The van der Waals surface area contributed by atoms with E-state index in [0.29, 0.717) is 6.42 Å². The van der Waals surface area contributed by atoms with Crippen molar-refractivity contribution in [1.82, 2.24) is 5.43 Å². The van der Waals surface area contributed by atoms with Crippen LogP contribution in [0.5, 0.6) is 0 Å². The minimum Gasteiger partial charge on any atom is -0.273 e. The molecule has 0 unspecified atom stereocenters. The van der Waals surface area contributed by atoms with E-state index in [4.69, 9.17) is 0 Å². The van der Waals surface area contributed by atoms with Gasteiger partial charge in [-0.1, -0.05) is 44.2 Å². The van der Waals surface area contributed by atoms with Gasteiger partial charge in [-0.3, -0.25) is 4.79 Å². The first kappa shape index (κ1) is 12.4. The van der Waals surface area contributed by atoms with Crippen LogP contribution in [-0.2, 0) is 11.2 Å². The summed E-state index contributed by atoms with van der Waals surface area (Å²) in [5.41, 5.74) is 4.60. The quantitative estimate of drug-likeness (QED) is 0.599. The summed E-state index contributed by atoms with van der Waals surface area (Å²) < 4.78 is 0. The fourth-order valence-electron chi connectivity index (χ4n) is 1.37. The summed E-state index contributed by atoms with van der Waals surface area (Å²) in [5.74, 6) is -0.0643. The molecule has 0 spiro atoms. The van der Waals surface area contributed by atoms with Crippen molar-refractivity contribution in [2.75, 3.05) is 0 Å². The van der Waals surface area contributed by atoms with Crippen LogP contribution in [0.15, 0.2) is 35.4 Å². The van der Waals surface area contributed by atoms with E-state index in [0.717, 1.165) is 24.1 Å². The Morgan fingerprint density at radius 2 is 1.81 bits per heavy atom. The summed E-state index contributed by atoms with van der Waals surface area (Å²) in [6.07, 6.45) is 2.13. The molecule has 0 aliphatic heterocycles. The van der Waals surface area contributed by atoms with Gasteiger partial charge in [-0.05, 0) is 18.4 Å². The van der Waals surface area contributed by atoms with Crippen LogP contribution in [0.4, 0.5) is 0 Å². The molecule has 0 saturated carbocycles. The zero-order valence-corrected chi connectivity index (χ0v) is 9.86. The lowest BCUT2D eigenvalue weighted by atomic mass is 10.1. The van der Waals surface area contributed by atoms with E-state index in [1.54, 1.807) is 0 Å². The summed E-state index contributed by atoms with van der Waals surface area (Å²) >= 11 is 0. The van der Waals surface area contributed by atoms with Gasteiger partial charge in [0.05, 0.1) is 6.42 Å². The number of rotatable bonds is 5. The molecular formula is C13H18N2O. The predicted molar refractivity (Wildman–Crippen MR) is 66.3 cm³/mol. The molecule has 0 heterocycles. The van der Waals surface area contributed by atoms with Gasteiger partial charge in [0.25, 0.3) is 0 Å². The summed E-state index contributed by atoms with van der Waals surface area (Å²) in [7, 11) is 0. The molecule has 3 nitrogen and oxygen atoms in total. The lowest BCUT2D eigenvalue weighted by molar-refractivity contribution is -0.120. The molecule has 0 aliphatic carbocycles. The number of hydrazone groups is 1. The Bertz CT molecular complexity index is 351. The second kappa shape index (κ2) is 6.77. The summed E-state index contributed by atoms with van der Waals surface area (Å²) in [4.78, 5) is 11.5. The number of benzene rings is 1. The van der Waals surface area contributed by atoms with Crippen molar-refractivity contribution in [2.45, 2.75) is 33.1 Å². The van der Waals surface area contributed by atoms with Crippen molar-refractivity contribution >= 4 is 11.6 Å². The highest BCUT2D eigenvalue weighted by molar-refractivity contribution is 5.86. The van der Waals surface area contributed by atoms with Crippen molar-refractivity contribution in [1.29, 1.82) is 0 Å². The van der Waals surface area contributed by atoms with Crippen LogP contribution in [-0.4, -0.2) is 11.6 Å². The van der Waals surface area contributed by atoms with Gasteiger partial charge in [-0.25, -0.2) is 5.43 Å². The van der Waals surface area contributed by atoms with Gasteiger partial charge in [0.15, 0.2) is 0 Å². The van der Waals surface area contributed by atoms with Crippen molar-refractivity contribution in [3.05, 3.63) is 35.9 Å². The SMILES string of the molecule is CCC(CC)=NNC(=O)Cc1ccccc1. The van der Waals surface area contributed by atoms with E-state index in [2.05, 4.69) is 10.5 Å². The van der Waals surface area contributed by atoms with Crippen LogP contribution < -0.4 is 5.43 Å². The monoisotopic (exact) mass is 218 g/mol. The zero-order valence-electron chi connectivity index (χ0n) is 9.86. The van der Waals surface area contributed by atoms with Gasteiger partial charge in [-0.15, -0.1) is 0 Å². The summed E-state index contributed by atoms with van der Waals surface area (Å²) in [5, 5.41) is 4.07. The normalized spacial score (nSPS) is 9.62. The Morgan fingerprint density at radius 3 is 2.38 bits per heavy atom. The Morgan fingerprint density at radius 1 is 1.19 bits per heavy atom. The van der Waals surface area contributed by atoms with Gasteiger partial charge in [0.2, 0.25) is 5.91 Å². The van der Waals surface area contributed by atoms with Crippen molar-refractivity contribution in [3.8, 4) is 0 Å². The molecular weight excluding hydrogens is 200 g/mol. The van der Waals surface area contributed by atoms with Crippen LogP contribution >= 0.6 is 0 Å². The minimum atomic E-state index is -0.0643. The first-order valence-corrected chi connectivity index (χ1v) is 5.64. The van der Waals surface area contributed by atoms with Gasteiger partial charge in [0, 0.05) is 5.71 Å². The van der Waals surface area contributed by atoms with E-state index in [1.165, 1.54) is 0 Å². The molecule has 1 aromatic carbocycles. The Hall–Kier alpha value is -1.64. The average molecular weight is 218 g/mol. The summed E-state index contributed by atoms with van der Waals surface area (Å²) in [6.45, 7) is 4.07. The number of carbonyl (C=O) groups excluding carboxylic acids is 1. The van der Waals surface area contributed by atoms with Gasteiger partial charge in [-0.2, -0.15) is 5.10 Å². The maximum atomic E-state index is 11.5. The maximum absolute atomic E-state index is 11.5. The number of amides is 1. The highest BCUT2D eigenvalue weighted by Gasteiger charge is 2.01. The number of carbonyl (C=O) groups is 1. The number of hydrogen-bond acceptors (Lipinski definition) is 2. The Balaban J connectivity index is 2.45. The Labute approximate surface area is 96.6 Å². The highest BCUT2D eigenvalue weighted by atomic mass is 16.2. The number of nitrogens with one attached hydrogen (secondary N) is 1. The van der Waals surface area contributed by atoms with Crippen molar-refractivity contribution in [3.63, 3.8) is 0 Å². The molecule has 0 fully saturated rings. The molecule has 86 valence electrons. The van der Waals surface area contributed by atoms with Crippen LogP contribution in [0.2, 0.25) is 0 Å². The minimum absolute atomic E-state index is 0.0643. The third kappa shape index (κ3) is 4.26. The molecule has 1 rings (SSSR count). The standard InChI is InChI=1S/C13H18N2O/c1-3-12(4-2)14-15-13(16)10-11-8-6-5-7-9-11/h5-9H,3-4,10H2,1-2H3,(H,15,16). The molecule has 0 atom stereocenters. The van der Waals surface area contributed by atoms with Gasteiger partial charge >= 0.3 is 0 Å². The maximum Gasteiger partial charge on any atom is 0.244 e. The molecule has 3 heteroatoms. The number of nitrogens with zero attached hydrogens (tertiary/aromatic N) is 1. The van der Waals surface area contributed by atoms with Crippen molar-refractivity contribution < 1.29 is 4.79 Å². The van der Waals surface area contributed by atoms with Gasteiger partial charge in [0.1, 0.15) is 0 Å². The second-order valence-electron chi connectivity index (χ2n) is 3.58. The second-order valence-corrected chi connectivity index (χ2v) is 3.58. The zero-order chi connectivity index (χ0) is 11.8.